The van der Waals surface area contributed by atoms with Crippen molar-refractivity contribution >= 4 is 5.69 Å². The SMILES string of the molecule is Fc1ccccc1[C@@H](c1nnnn1CCc1ccccc1)N1CCN(c2ccccc2F)CC1. The molecule has 1 atom stereocenters. The Hall–Kier alpha value is -3.65. The van der Waals surface area contributed by atoms with Crippen molar-refractivity contribution in [3.05, 3.63) is 107 Å². The second-order valence-electron chi connectivity index (χ2n) is 8.39. The van der Waals surface area contributed by atoms with Crippen molar-refractivity contribution < 1.29 is 8.78 Å². The van der Waals surface area contributed by atoms with Gasteiger partial charge in [0.25, 0.3) is 0 Å². The lowest BCUT2D eigenvalue weighted by molar-refractivity contribution is 0.197. The summed E-state index contributed by atoms with van der Waals surface area (Å²) in [6.45, 7) is 3.08. The molecule has 0 bridgehead atoms. The van der Waals surface area contributed by atoms with E-state index in [1.165, 1.54) is 17.7 Å². The molecular weight excluding hydrogens is 434 g/mol. The smallest absolute Gasteiger partial charge is 0.173 e. The van der Waals surface area contributed by atoms with Crippen molar-refractivity contribution in [2.75, 3.05) is 31.1 Å². The molecule has 0 spiro atoms. The largest absolute Gasteiger partial charge is 0.367 e. The zero-order valence-corrected chi connectivity index (χ0v) is 18.8. The average molecular weight is 461 g/mol. The Morgan fingerprint density at radius 1 is 0.765 bits per heavy atom. The minimum absolute atomic E-state index is 0.230. The third-order valence-corrected chi connectivity index (χ3v) is 6.33. The molecule has 34 heavy (non-hydrogen) atoms. The van der Waals surface area contributed by atoms with E-state index in [1.54, 1.807) is 28.9 Å². The first-order valence-corrected chi connectivity index (χ1v) is 11.5. The summed E-state index contributed by atoms with van der Waals surface area (Å²) < 4.78 is 31.1. The van der Waals surface area contributed by atoms with Crippen LogP contribution in [0.3, 0.4) is 0 Å². The van der Waals surface area contributed by atoms with Gasteiger partial charge in [-0.2, -0.15) is 0 Å². The quantitative estimate of drug-likeness (QED) is 0.416. The van der Waals surface area contributed by atoms with Crippen LogP contribution in [0.4, 0.5) is 14.5 Å². The molecule has 0 aliphatic carbocycles. The summed E-state index contributed by atoms with van der Waals surface area (Å²) >= 11 is 0. The summed E-state index contributed by atoms with van der Waals surface area (Å²) in [5, 5.41) is 12.5. The monoisotopic (exact) mass is 460 g/mol. The molecule has 174 valence electrons. The van der Waals surface area contributed by atoms with Crippen molar-refractivity contribution in [1.82, 2.24) is 25.1 Å². The van der Waals surface area contributed by atoms with Gasteiger partial charge < -0.3 is 4.90 Å². The van der Waals surface area contributed by atoms with Crippen molar-refractivity contribution in [3.63, 3.8) is 0 Å². The molecule has 0 radical (unpaired) electrons. The zero-order chi connectivity index (χ0) is 23.3. The van der Waals surface area contributed by atoms with Crippen molar-refractivity contribution in [3.8, 4) is 0 Å². The van der Waals surface area contributed by atoms with E-state index >= 15 is 0 Å². The number of benzene rings is 3. The van der Waals surface area contributed by atoms with Crippen LogP contribution in [0.25, 0.3) is 0 Å². The van der Waals surface area contributed by atoms with E-state index in [4.69, 9.17) is 0 Å². The standard InChI is InChI=1S/C26H26F2N6/c27-22-11-5-4-10-21(22)25(26-29-30-31-34(26)15-14-20-8-2-1-3-9-20)33-18-16-32(17-19-33)24-13-7-6-12-23(24)28/h1-13,25H,14-19H2/t25-/m0/s1. The van der Waals surface area contributed by atoms with Gasteiger partial charge >= 0.3 is 0 Å². The molecule has 0 amide bonds. The second-order valence-corrected chi connectivity index (χ2v) is 8.39. The van der Waals surface area contributed by atoms with Crippen LogP contribution in [0.15, 0.2) is 78.9 Å². The molecule has 4 aromatic rings. The lowest BCUT2D eigenvalue weighted by Gasteiger charge is -2.40. The number of para-hydroxylation sites is 1. The molecule has 0 unspecified atom stereocenters. The highest BCUT2D eigenvalue weighted by Gasteiger charge is 2.32. The third-order valence-electron chi connectivity index (χ3n) is 6.33. The topological polar surface area (TPSA) is 50.1 Å². The summed E-state index contributed by atoms with van der Waals surface area (Å²) in [5.74, 6) is 0.0912. The van der Waals surface area contributed by atoms with E-state index in [-0.39, 0.29) is 11.6 Å². The van der Waals surface area contributed by atoms with Gasteiger partial charge in [0.1, 0.15) is 17.7 Å². The van der Waals surface area contributed by atoms with Crippen LogP contribution >= 0.6 is 0 Å². The first-order chi connectivity index (χ1) is 16.7. The van der Waals surface area contributed by atoms with E-state index < -0.39 is 6.04 Å². The normalized spacial score (nSPS) is 15.4. The van der Waals surface area contributed by atoms with Crippen LogP contribution in [0.5, 0.6) is 0 Å². The molecular formula is C26H26F2N6. The molecule has 1 fully saturated rings. The average Bonchev–Trinajstić information content (AvgIpc) is 3.34. The fraction of sp³-hybridized carbons (Fsp3) is 0.269. The minimum Gasteiger partial charge on any atom is -0.367 e. The maximum Gasteiger partial charge on any atom is 0.173 e. The Bertz CT molecular complexity index is 1220. The number of piperazine rings is 1. The molecule has 6 nitrogen and oxygen atoms in total. The van der Waals surface area contributed by atoms with Gasteiger partial charge in [-0.25, -0.2) is 13.5 Å². The van der Waals surface area contributed by atoms with E-state index in [1.807, 2.05) is 35.2 Å². The first kappa shape index (κ1) is 22.2. The van der Waals surface area contributed by atoms with Gasteiger partial charge in [0.2, 0.25) is 0 Å². The Labute approximate surface area is 197 Å². The number of aromatic nitrogens is 4. The summed E-state index contributed by atoms with van der Waals surface area (Å²) in [4.78, 5) is 4.21. The Morgan fingerprint density at radius 3 is 2.18 bits per heavy atom. The van der Waals surface area contributed by atoms with Crippen LogP contribution in [-0.4, -0.2) is 51.3 Å². The van der Waals surface area contributed by atoms with Crippen molar-refractivity contribution in [2.24, 2.45) is 0 Å². The maximum atomic E-state index is 15.0. The highest BCUT2D eigenvalue weighted by atomic mass is 19.1. The fourth-order valence-electron chi connectivity index (χ4n) is 4.57. The van der Waals surface area contributed by atoms with Crippen LogP contribution in [0, 0.1) is 11.6 Å². The predicted octanol–water partition coefficient (Wildman–Crippen LogP) is 4.11. The fourth-order valence-corrected chi connectivity index (χ4v) is 4.57. The van der Waals surface area contributed by atoms with Gasteiger partial charge in [0.05, 0.1) is 5.69 Å². The molecule has 1 aliphatic rings. The van der Waals surface area contributed by atoms with Crippen molar-refractivity contribution in [2.45, 2.75) is 19.0 Å². The lowest BCUT2D eigenvalue weighted by atomic mass is 10.0. The highest BCUT2D eigenvalue weighted by Crippen LogP contribution is 2.31. The van der Waals surface area contributed by atoms with Gasteiger partial charge in [0, 0.05) is 38.3 Å². The van der Waals surface area contributed by atoms with Crippen LogP contribution < -0.4 is 4.90 Å². The summed E-state index contributed by atoms with van der Waals surface area (Å²) in [6, 6.07) is 23.3. The molecule has 0 N–H and O–H groups in total. The Morgan fingerprint density at radius 2 is 1.44 bits per heavy atom. The summed E-state index contributed by atoms with van der Waals surface area (Å²) in [5.41, 5.74) is 2.32. The van der Waals surface area contributed by atoms with E-state index in [9.17, 15) is 8.78 Å². The Kier molecular flexibility index (Phi) is 6.58. The minimum atomic E-state index is -0.435. The summed E-state index contributed by atoms with van der Waals surface area (Å²) in [7, 11) is 0. The molecule has 0 saturated carbocycles. The number of halogens is 2. The molecule has 5 rings (SSSR count). The lowest BCUT2D eigenvalue weighted by Crippen LogP contribution is -2.48. The Balaban J connectivity index is 1.40. The number of hydrogen-bond acceptors (Lipinski definition) is 5. The zero-order valence-electron chi connectivity index (χ0n) is 18.8. The molecule has 1 aliphatic heterocycles. The third kappa shape index (κ3) is 4.68. The highest BCUT2D eigenvalue weighted by molar-refractivity contribution is 5.48. The number of nitrogens with zero attached hydrogens (tertiary/aromatic N) is 6. The number of anilines is 1. The molecule has 2 heterocycles. The number of rotatable bonds is 7. The van der Waals surface area contributed by atoms with Gasteiger partial charge in [-0.1, -0.05) is 60.7 Å². The van der Waals surface area contributed by atoms with E-state index in [0.717, 1.165) is 6.42 Å². The van der Waals surface area contributed by atoms with Crippen molar-refractivity contribution in [1.29, 1.82) is 0 Å². The van der Waals surface area contributed by atoms with Gasteiger partial charge in [-0.15, -0.1) is 5.10 Å². The van der Waals surface area contributed by atoms with Crippen LogP contribution in [0.2, 0.25) is 0 Å². The summed E-state index contributed by atoms with van der Waals surface area (Å²) in [6.07, 6.45) is 0.768. The number of hydrogen-bond donors (Lipinski definition) is 0. The molecule has 1 aromatic heterocycles. The van der Waals surface area contributed by atoms with Gasteiger partial charge in [-0.05, 0) is 40.6 Å². The first-order valence-electron chi connectivity index (χ1n) is 11.5. The van der Waals surface area contributed by atoms with Crippen LogP contribution in [-0.2, 0) is 13.0 Å². The second kappa shape index (κ2) is 10.1. The molecule has 1 saturated heterocycles. The van der Waals surface area contributed by atoms with E-state index in [0.29, 0.717) is 49.8 Å². The van der Waals surface area contributed by atoms with Gasteiger partial charge in [0.15, 0.2) is 5.82 Å². The number of aryl methyl sites for hydroxylation is 2. The maximum absolute atomic E-state index is 15.0. The van der Waals surface area contributed by atoms with Crippen LogP contribution in [0.1, 0.15) is 23.0 Å². The predicted molar refractivity (Wildman–Crippen MR) is 126 cm³/mol. The van der Waals surface area contributed by atoms with E-state index in [2.05, 4.69) is 32.6 Å². The molecule has 3 aromatic carbocycles. The van der Waals surface area contributed by atoms with Gasteiger partial charge in [-0.3, -0.25) is 4.90 Å². The number of tetrazole rings is 1. The molecule has 8 heteroatoms.